The maximum Gasteiger partial charge on any atom is 0.222 e. The summed E-state index contributed by atoms with van der Waals surface area (Å²) >= 11 is 1.82. The van der Waals surface area contributed by atoms with Gasteiger partial charge in [-0.3, -0.25) is 4.57 Å². The van der Waals surface area contributed by atoms with Crippen molar-refractivity contribution in [3.63, 3.8) is 0 Å². The second kappa shape index (κ2) is 3.81. The molecule has 0 atom stereocenters. The van der Waals surface area contributed by atoms with Crippen molar-refractivity contribution in [3.05, 3.63) is 0 Å². The number of hydrogen-bond acceptors (Lipinski definition) is 4. The number of rotatable bonds is 3. The highest BCUT2D eigenvalue weighted by atomic mass is 32.2. The Morgan fingerprint density at radius 1 is 1.43 bits per heavy atom. The van der Waals surface area contributed by atoms with Gasteiger partial charge in [-0.2, -0.15) is 0 Å². The largest absolute Gasteiger partial charge is 0.368 e. The predicted molar refractivity (Wildman–Crippen MR) is 58.3 cm³/mol. The molecule has 0 aromatic carbocycles. The number of nitrogen functional groups attached to an aromatic ring is 1. The van der Waals surface area contributed by atoms with Crippen molar-refractivity contribution in [1.82, 2.24) is 14.8 Å². The molecule has 0 bridgehead atoms. The van der Waals surface area contributed by atoms with E-state index >= 15 is 0 Å². The number of anilines is 1. The van der Waals surface area contributed by atoms with Crippen LogP contribution in [0.1, 0.15) is 39.2 Å². The molecule has 1 aliphatic rings. The molecule has 0 radical (unpaired) electrons. The highest BCUT2D eigenvalue weighted by Gasteiger charge is 2.22. The van der Waals surface area contributed by atoms with Gasteiger partial charge in [-0.1, -0.05) is 18.2 Å². The van der Waals surface area contributed by atoms with Crippen LogP contribution in [0.2, 0.25) is 0 Å². The summed E-state index contributed by atoms with van der Waals surface area (Å²) in [6.45, 7) is 4.20. The van der Waals surface area contributed by atoms with E-state index < -0.39 is 0 Å². The molecule has 1 aromatic heterocycles. The Kier molecular flexibility index (Phi) is 2.67. The summed E-state index contributed by atoms with van der Waals surface area (Å²) in [6, 6.07) is 0.340. The third kappa shape index (κ3) is 1.73. The van der Waals surface area contributed by atoms with Crippen molar-refractivity contribution in [2.24, 2.45) is 0 Å². The van der Waals surface area contributed by atoms with E-state index in [1.165, 1.54) is 19.3 Å². The molecule has 0 amide bonds. The van der Waals surface area contributed by atoms with Crippen LogP contribution < -0.4 is 5.73 Å². The van der Waals surface area contributed by atoms with Crippen LogP contribution in [0.15, 0.2) is 5.16 Å². The van der Waals surface area contributed by atoms with Gasteiger partial charge in [-0.15, -0.1) is 10.2 Å². The fraction of sp³-hybridized carbons (Fsp3) is 0.778. The maximum atomic E-state index is 5.75. The number of aromatic nitrogens is 3. The van der Waals surface area contributed by atoms with Gasteiger partial charge in [-0.05, 0) is 26.7 Å². The normalized spacial score (nSPS) is 17.4. The van der Waals surface area contributed by atoms with E-state index in [2.05, 4.69) is 24.0 Å². The second-order valence-electron chi connectivity index (χ2n) is 3.98. The van der Waals surface area contributed by atoms with Gasteiger partial charge in [-0.25, -0.2) is 0 Å². The van der Waals surface area contributed by atoms with Gasteiger partial charge in [0.05, 0.1) is 0 Å². The molecule has 14 heavy (non-hydrogen) atoms. The average Bonchev–Trinajstić information content (AvgIpc) is 2.39. The average molecular weight is 212 g/mol. The smallest absolute Gasteiger partial charge is 0.222 e. The molecule has 0 saturated heterocycles. The van der Waals surface area contributed by atoms with Crippen molar-refractivity contribution < 1.29 is 0 Å². The highest BCUT2D eigenvalue weighted by molar-refractivity contribution is 7.99. The van der Waals surface area contributed by atoms with Gasteiger partial charge < -0.3 is 5.73 Å². The van der Waals surface area contributed by atoms with Gasteiger partial charge in [0.2, 0.25) is 5.95 Å². The van der Waals surface area contributed by atoms with E-state index in [1.807, 2.05) is 16.3 Å². The first-order valence-electron chi connectivity index (χ1n) is 5.05. The molecular formula is C9H16N4S. The molecule has 1 heterocycles. The van der Waals surface area contributed by atoms with Gasteiger partial charge >= 0.3 is 0 Å². The minimum absolute atomic E-state index is 0.340. The Balaban J connectivity index is 2.15. The summed E-state index contributed by atoms with van der Waals surface area (Å²) in [5, 5.41) is 9.74. The van der Waals surface area contributed by atoms with Crippen molar-refractivity contribution in [1.29, 1.82) is 0 Å². The second-order valence-corrected chi connectivity index (χ2v) is 5.24. The zero-order chi connectivity index (χ0) is 10.1. The first-order chi connectivity index (χ1) is 6.68. The Labute approximate surface area is 88.3 Å². The van der Waals surface area contributed by atoms with E-state index in [9.17, 15) is 0 Å². The summed E-state index contributed by atoms with van der Waals surface area (Å²) in [6.07, 6.45) is 3.95. The lowest BCUT2D eigenvalue weighted by Crippen LogP contribution is -2.15. The first-order valence-corrected chi connectivity index (χ1v) is 5.93. The van der Waals surface area contributed by atoms with E-state index in [0.29, 0.717) is 12.0 Å². The lowest BCUT2D eigenvalue weighted by Gasteiger charge is -2.24. The lowest BCUT2D eigenvalue weighted by atomic mass is 10.0. The van der Waals surface area contributed by atoms with Crippen molar-refractivity contribution in [2.75, 3.05) is 5.73 Å². The van der Waals surface area contributed by atoms with Crippen LogP contribution >= 0.6 is 11.8 Å². The number of hydrogen-bond donors (Lipinski definition) is 1. The monoisotopic (exact) mass is 212 g/mol. The number of thioether (sulfide) groups is 1. The fourth-order valence-corrected chi connectivity index (χ4v) is 2.86. The third-order valence-corrected chi connectivity index (χ3v) is 3.83. The van der Waals surface area contributed by atoms with Gasteiger partial charge in [0.25, 0.3) is 0 Å². The summed E-state index contributed by atoms with van der Waals surface area (Å²) < 4.78 is 2.00. The lowest BCUT2D eigenvalue weighted by molar-refractivity contribution is 0.513. The zero-order valence-electron chi connectivity index (χ0n) is 8.60. The van der Waals surface area contributed by atoms with E-state index in [4.69, 9.17) is 5.73 Å². The molecule has 0 aliphatic heterocycles. The molecule has 1 fully saturated rings. The Morgan fingerprint density at radius 2 is 2.14 bits per heavy atom. The van der Waals surface area contributed by atoms with Crippen molar-refractivity contribution in [2.45, 2.75) is 49.6 Å². The van der Waals surface area contributed by atoms with Gasteiger partial charge in [0, 0.05) is 11.3 Å². The summed E-state index contributed by atoms with van der Waals surface area (Å²) in [7, 11) is 0. The predicted octanol–water partition coefficient (Wildman–Crippen LogP) is 2.09. The Bertz CT molecular complexity index is 317. The molecule has 1 aromatic rings. The van der Waals surface area contributed by atoms with E-state index in [0.717, 1.165) is 10.4 Å². The molecule has 5 heteroatoms. The summed E-state index contributed by atoms with van der Waals surface area (Å²) in [4.78, 5) is 0. The highest BCUT2D eigenvalue weighted by Crippen LogP contribution is 2.36. The fourth-order valence-electron chi connectivity index (χ4n) is 1.49. The Morgan fingerprint density at radius 3 is 2.64 bits per heavy atom. The topological polar surface area (TPSA) is 56.7 Å². The SMILES string of the molecule is CC(C)n1c(N)nnc1SC1CCC1. The minimum atomic E-state index is 0.340. The quantitative estimate of drug-likeness (QED) is 0.833. The minimum Gasteiger partial charge on any atom is -0.368 e. The summed E-state index contributed by atoms with van der Waals surface area (Å²) in [5.74, 6) is 0.529. The van der Waals surface area contributed by atoms with Crippen LogP contribution in [-0.4, -0.2) is 20.0 Å². The van der Waals surface area contributed by atoms with Crippen molar-refractivity contribution in [3.8, 4) is 0 Å². The molecule has 78 valence electrons. The molecule has 1 saturated carbocycles. The van der Waals surface area contributed by atoms with Gasteiger partial charge in [0.15, 0.2) is 5.16 Å². The van der Waals surface area contributed by atoms with Crippen LogP contribution in [-0.2, 0) is 0 Å². The third-order valence-electron chi connectivity index (χ3n) is 2.53. The van der Waals surface area contributed by atoms with Gasteiger partial charge in [0.1, 0.15) is 0 Å². The number of nitrogens with two attached hydrogens (primary N) is 1. The van der Waals surface area contributed by atoms with Crippen LogP contribution in [0.4, 0.5) is 5.95 Å². The van der Waals surface area contributed by atoms with Crippen molar-refractivity contribution >= 4 is 17.7 Å². The van der Waals surface area contributed by atoms with E-state index in [-0.39, 0.29) is 0 Å². The first kappa shape index (κ1) is 9.83. The zero-order valence-corrected chi connectivity index (χ0v) is 9.42. The van der Waals surface area contributed by atoms with E-state index in [1.54, 1.807) is 0 Å². The summed E-state index contributed by atoms with van der Waals surface area (Å²) in [5.41, 5.74) is 5.75. The maximum absolute atomic E-state index is 5.75. The van der Waals surface area contributed by atoms with Crippen LogP contribution in [0, 0.1) is 0 Å². The molecular weight excluding hydrogens is 196 g/mol. The molecule has 4 nitrogen and oxygen atoms in total. The molecule has 2 N–H and O–H groups in total. The van der Waals surface area contributed by atoms with Crippen LogP contribution in [0.5, 0.6) is 0 Å². The molecule has 2 rings (SSSR count). The standard InChI is InChI=1S/C9H16N4S/c1-6(2)13-8(10)11-12-9(13)14-7-4-3-5-7/h6-7H,3-5H2,1-2H3,(H2,10,11). The number of nitrogens with zero attached hydrogens (tertiary/aromatic N) is 3. The molecule has 0 unspecified atom stereocenters. The molecule has 1 aliphatic carbocycles. The Hall–Kier alpha value is -0.710. The molecule has 0 spiro atoms. The van der Waals surface area contributed by atoms with Crippen LogP contribution in [0.25, 0.3) is 0 Å². The van der Waals surface area contributed by atoms with Crippen LogP contribution in [0.3, 0.4) is 0 Å².